The van der Waals surface area contributed by atoms with Crippen LogP contribution in [0.2, 0.25) is 0 Å². The van der Waals surface area contributed by atoms with E-state index in [4.69, 9.17) is 9.47 Å². The van der Waals surface area contributed by atoms with Crippen LogP contribution in [0.4, 0.5) is 4.39 Å². The van der Waals surface area contributed by atoms with E-state index in [1.807, 2.05) is 18.2 Å². The highest BCUT2D eigenvalue weighted by Crippen LogP contribution is 2.28. The molecule has 0 heterocycles. The molecule has 0 radical (unpaired) electrons. The minimum Gasteiger partial charge on any atom is -0.493 e. The molecule has 1 aliphatic rings. The molecule has 0 bridgehead atoms. The van der Waals surface area contributed by atoms with Crippen molar-refractivity contribution in [1.82, 2.24) is 10.2 Å². The number of nitrogens with one attached hydrogen (secondary N) is 1. The van der Waals surface area contributed by atoms with Crippen LogP contribution in [0.15, 0.2) is 42.5 Å². The summed E-state index contributed by atoms with van der Waals surface area (Å²) in [6.45, 7) is 2.00. The molecule has 2 aromatic rings. The van der Waals surface area contributed by atoms with E-state index in [0.29, 0.717) is 17.9 Å². The van der Waals surface area contributed by atoms with Crippen LogP contribution in [0.25, 0.3) is 0 Å². The van der Waals surface area contributed by atoms with Crippen molar-refractivity contribution >= 4 is 11.8 Å². The fraction of sp³-hybridized carbons (Fsp3) is 0.481. The van der Waals surface area contributed by atoms with Crippen molar-refractivity contribution in [2.24, 2.45) is 0 Å². The van der Waals surface area contributed by atoms with E-state index in [0.717, 1.165) is 36.8 Å². The summed E-state index contributed by atoms with van der Waals surface area (Å²) in [5.74, 6) is 0.622. The molecule has 1 N–H and O–H groups in total. The Kier molecular flexibility index (Phi) is 9.31. The van der Waals surface area contributed by atoms with Gasteiger partial charge in [-0.3, -0.25) is 9.59 Å². The quantitative estimate of drug-likeness (QED) is 0.549. The largest absolute Gasteiger partial charge is 0.493 e. The lowest BCUT2D eigenvalue weighted by molar-refractivity contribution is -0.141. The Labute approximate surface area is 201 Å². The number of carbonyl (C=O) groups excluding carboxylic acids is 2. The van der Waals surface area contributed by atoms with Gasteiger partial charge < -0.3 is 19.7 Å². The maximum atomic E-state index is 13.4. The molecule has 6 nitrogen and oxygen atoms in total. The third-order valence-electron chi connectivity index (χ3n) is 6.46. The van der Waals surface area contributed by atoms with Gasteiger partial charge in [-0.05, 0) is 61.6 Å². The van der Waals surface area contributed by atoms with Gasteiger partial charge in [-0.15, -0.1) is 0 Å². The van der Waals surface area contributed by atoms with Crippen molar-refractivity contribution in [2.45, 2.75) is 70.5 Å². The second kappa shape index (κ2) is 12.4. The topological polar surface area (TPSA) is 67.9 Å². The van der Waals surface area contributed by atoms with Crippen LogP contribution in [0.1, 0.15) is 56.6 Å². The van der Waals surface area contributed by atoms with Gasteiger partial charge in [0.25, 0.3) is 0 Å². The maximum Gasteiger partial charge on any atom is 0.242 e. The predicted octanol–water partition coefficient (Wildman–Crippen LogP) is 4.64. The molecule has 0 spiro atoms. The van der Waals surface area contributed by atoms with Gasteiger partial charge in [0.05, 0.1) is 14.2 Å². The van der Waals surface area contributed by atoms with E-state index in [9.17, 15) is 14.0 Å². The van der Waals surface area contributed by atoms with Gasteiger partial charge in [0.15, 0.2) is 11.5 Å². The van der Waals surface area contributed by atoms with E-state index in [1.165, 1.54) is 18.6 Å². The number of benzene rings is 2. The lowest BCUT2D eigenvalue weighted by Crippen LogP contribution is -2.50. The zero-order chi connectivity index (χ0) is 24.5. The van der Waals surface area contributed by atoms with E-state index in [2.05, 4.69) is 5.32 Å². The molecule has 2 amide bonds. The summed E-state index contributed by atoms with van der Waals surface area (Å²) in [6, 6.07) is 11.1. The maximum absolute atomic E-state index is 13.4. The number of hydrogen-bond acceptors (Lipinski definition) is 4. The summed E-state index contributed by atoms with van der Waals surface area (Å²) < 4.78 is 24.0. The number of methoxy groups -OCH3 is 2. The van der Waals surface area contributed by atoms with Crippen molar-refractivity contribution < 1.29 is 23.5 Å². The monoisotopic (exact) mass is 470 g/mol. The number of rotatable bonds is 10. The van der Waals surface area contributed by atoms with Crippen molar-refractivity contribution in [3.63, 3.8) is 0 Å². The number of nitrogens with zero attached hydrogens (tertiary/aromatic N) is 1. The molecule has 1 fully saturated rings. The van der Waals surface area contributed by atoms with Gasteiger partial charge in [-0.25, -0.2) is 4.39 Å². The standard InChI is InChI=1S/C27H35FN2O4/c1-19(27(32)29-23-7-5-4-6-8-23)30(18-21-9-13-22(28)14-10-21)26(31)16-12-20-11-15-24(33-2)25(17-20)34-3/h9-11,13-15,17,19,23H,4-8,12,16,18H2,1-3H3,(H,29,32). The first-order chi connectivity index (χ1) is 16.4. The number of amides is 2. The van der Waals surface area contributed by atoms with Crippen molar-refractivity contribution in [3.8, 4) is 11.5 Å². The van der Waals surface area contributed by atoms with Crippen LogP contribution in [-0.2, 0) is 22.6 Å². The third kappa shape index (κ3) is 6.95. The number of halogens is 1. The van der Waals surface area contributed by atoms with Crippen LogP contribution in [0, 0.1) is 5.82 Å². The number of carbonyl (C=O) groups is 2. The minimum absolute atomic E-state index is 0.134. The van der Waals surface area contributed by atoms with E-state index < -0.39 is 6.04 Å². The Balaban J connectivity index is 1.71. The first-order valence-corrected chi connectivity index (χ1v) is 12.0. The Hall–Kier alpha value is -3.09. The molecule has 3 rings (SSSR count). The smallest absolute Gasteiger partial charge is 0.242 e. The van der Waals surface area contributed by atoms with Gasteiger partial charge in [0.1, 0.15) is 11.9 Å². The number of aryl methyl sites for hydroxylation is 1. The molecule has 0 saturated heterocycles. The van der Waals surface area contributed by atoms with Gasteiger partial charge >= 0.3 is 0 Å². The highest BCUT2D eigenvalue weighted by Gasteiger charge is 2.28. The normalized spacial score (nSPS) is 14.8. The van der Waals surface area contributed by atoms with Gasteiger partial charge in [0, 0.05) is 19.0 Å². The first-order valence-electron chi connectivity index (χ1n) is 12.0. The number of hydrogen-bond donors (Lipinski definition) is 1. The SMILES string of the molecule is COc1ccc(CCC(=O)N(Cc2ccc(F)cc2)C(C)C(=O)NC2CCCCC2)cc1OC. The minimum atomic E-state index is -0.634. The lowest BCUT2D eigenvalue weighted by Gasteiger charge is -2.31. The Morgan fingerprint density at radius 1 is 1.00 bits per heavy atom. The predicted molar refractivity (Wildman–Crippen MR) is 129 cm³/mol. The molecule has 1 atom stereocenters. The van der Waals surface area contributed by atoms with Crippen molar-refractivity contribution in [1.29, 1.82) is 0 Å². The summed E-state index contributed by atoms with van der Waals surface area (Å²) in [6.07, 6.45) is 6.11. The second-order valence-corrected chi connectivity index (χ2v) is 8.86. The average Bonchev–Trinajstić information content (AvgIpc) is 2.86. The van der Waals surface area contributed by atoms with Crippen LogP contribution in [0.3, 0.4) is 0 Å². The zero-order valence-corrected chi connectivity index (χ0v) is 20.3. The van der Waals surface area contributed by atoms with Crippen LogP contribution in [-0.4, -0.2) is 43.0 Å². The summed E-state index contributed by atoms with van der Waals surface area (Å²) >= 11 is 0. The second-order valence-electron chi connectivity index (χ2n) is 8.86. The molecule has 1 unspecified atom stereocenters. The third-order valence-corrected chi connectivity index (χ3v) is 6.46. The molecule has 34 heavy (non-hydrogen) atoms. The summed E-state index contributed by atoms with van der Waals surface area (Å²) in [5, 5.41) is 3.13. The molecule has 1 aliphatic carbocycles. The fourth-order valence-corrected chi connectivity index (χ4v) is 4.37. The summed E-state index contributed by atoms with van der Waals surface area (Å²) in [5.41, 5.74) is 1.71. The molecule has 1 saturated carbocycles. The molecular weight excluding hydrogens is 435 g/mol. The summed E-state index contributed by atoms with van der Waals surface area (Å²) in [7, 11) is 3.15. The highest BCUT2D eigenvalue weighted by atomic mass is 19.1. The van der Waals surface area contributed by atoms with Crippen molar-refractivity contribution in [3.05, 3.63) is 59.4 Å². The Morgan fingerprint density at radius 2 is 1.65 bits per heavy atom. The molecule has 0 aliphatic heterocycles. The zero-order valence-electron chi connectivity index (χ0n) is 20.3. The summed E-state index contributed by atoms with van der Waals surface area (Å²) in [4.78, 5) is 27.9. The first kappa shape index (κ1) is 25.5. The highest BCUT2D eigenvalue weighted by molar-refractivity contribution is 5.87. The van der Waals surface area contributed by atoms with Crippen LogP contribution >= 0.6 is 0 Å². The van der Waals surface area contributed by atoms with E-state index in [1.54, 1.807) is 38.2 Å². The van der Waals surface area contributed by atoms with E-state index in [-0.39, 0.29) is 36.6 Å². The molecular formula is C27H35FN2O4. The van der Waals surface area contributed by atoms with Crippen molar-refractivity contribution in [2.75, 3.05) is 14.2 Å². The van der Waals surface area contributed by atoms with Gasteiger partial charge in [-0.1, -0.05) is 37.5 Å². The van der Waals surface area contributed by atoms with Crippen LogP contribution in [0.5, 0.6) is 11.5 Å². The number of ether oxygens (including phenoxy) is 2. The molecule has 0 aromatic heterocycles. The lowest BCUT2D eigenvalue weighted by atomic mass is 9.95. The molecule has 2 aromatic carbocycles. The molecule has 7 heteroatoms. The Bertz CT molecular complexity index is 958. The molecule has 184 valence electrons. The fourth-order valence-electron chi connectivity index (χ4n) is 4.37. The van der Waals surface area contributed by atoms with Crippen LogP contribution < -0.4 is 14.8 Å². The average molecular weight is 471 g/mol. The van der Waals surface area contributed by atoms with Gasteiger partial charge in [0.2, 0.25) is 11.8 Å². The Morgan fingerprint density at radius 3 is 2.29 bits per heavy atom. The van der Waals surface area contributed by atoms with Gasteiger partial charge in [-0.2, -0.15) is 0 Å². The van der Waals surface area contributed by atoms with E-state index >= 15 is 0 Å².